The standard InChI is InChI=1S/C20H19N3O2/c24-20(18-12-19(25-22-18)17-7-4-9-21-13-17)23-10-8-16(14-23)11-15-5-2-1-3-6-15/h1-7,9,12-13,16H,8,10-11,14H2. The zero-order chi connectivity index (χ0) is 17.1. The number of rotatable bonds is 4. The van der Waals surface area contributed by atoms with Crippen LogP contribution in [0, 0.1) is 5.92 Å². The Balaban J connectivity index is 1.41. The molecule has 2 aromatic heterocycles. The van der Waals surface area contributed by atoms with Crippen LogP contribution in [0.2, 0.25) is 0 Å². The molecule has 0 saturated carbocycles. The average Bonchev–Trinajstić information content (AvgIpc) is 3.33. The molecule has 0 radical (unpaired) electrons. The summed E-state index contributed by atoms with van der Waals surface area (Å²) in [6, 6.07) is 15.8. The number of hydrogen-bond donors (Lipinski definition) is 0. The molecule has 0 aliphatic carbocycles. The van der Waals surface area contributed by atoms with Gasteiger partial charge in [-0.1, -0.05) is 35.5 Å². The lowest BCUT2D eigenvalue weighted by Crippen LogP contribution is -2.29. The van der Waals surface area contributed by atoms with Gasteiger partial charge >= 0.3 is 0 Å². The number of pyridine rings is 1. The Bertz CT molecular complexity index is 846. The zero-order valence-corrected chi connectivity index (χ0v) is 13.8. The van der Waals surface area contributed by atoms with E-state index >= 15 is 0 Å². The molecule has 1 aliphatic heterocycles. The van der Waals surface area contributed by atoms with Crippen molar-refractivity contribution >= 4 is 5.91 Å². The van der Waals surface area contributed by atoms with E-state index in [1.807, 2.05) is 23.1 Å². The van der Waals surface area contributed by atoms with Crippen molar-refractivity contribution in [1.29, 1.82) is 0 Å². The molecule has 0 N–H and O–H groups in total. The predicted octanol–water partition coefficient (Wildman–Crippen LogP) is 3.44. The summed E-state index contributed by atoms with van der Waals surface area (Å²) in [4.78, 5) is 18.6. The molecule has 1 fully saturated rings. The third kappa shape index (κ3) is 3.45. The zero-order valence-electron chi connectivity index (χ0n) is 13.8. The van der Waals surface area contributed by atoms with Gasteiger partial charge in [0.15, 0.2) is 11.5 Å². The molecule has 5 nitrogen and oxygen atoms in total. The molecule has 126 valence electrons. The normalized spacial score (nSPS) is 17.0. The van der Waals surface area contributed by atoms with Crippen LogP contribution in [0.15, 0.2) is 65.4 Å². The van der Waals surface area contributed by atoms with Crippen LogP contribution in [-0.4, -0.2) is 34.0 Å². The Kier molecular flexibility index (Phi) is 4.29. The topological polar surface area (TPSA) is 59.2 Å². The summed E-state index contributed by atoms with van der Waals surface area (Å²) in [5.74, 6) is 1.00. The maximum atomic E-state index is 12.7. The van der Waals surface area contributed by atoms with Crippen molar-refractivity contribution in [1.82, 2.24) is 15.0 Å². The van der Waals surface area contributed by atoms with Gasteiger partial charge in [-0.3, -0.25) is 9.78 Å². The highest BCUT2D eigenvalue weighted by Crippen LogP contribution is 2.24. The number of likely N-dealkylation sites (tertiary alicyclic amines) is 1. The van der Waals surface area contributed by atoms with Crippen molar-refractivity contribution in [3.05, 3.63) is 72.2 Å². The Morgan fingerprint density at radius 3 is 2.88 bits per heavy atom. The first-order valence-corrected chi connectivity index (χ1v) is 8.50. The predicted molar refractivity (Wildman–Crippen MR) is 93.9 cm³/mol. The number of carbonyl (C=O) groups excluding carboxylic acids is 1. The fourth-order valence-electron chi connectivity index (χ4n) is 3.31. The molecule has 1 unspecified atom stereocenters. The summed E-state index contributed by atoms with van der Waals surface area (Å²) in [7, 11) is 0. The Morgan fingerprint density at radius 1 is 1.20 bits per heavy atom. The second-order valence-corrected chi connectivity index (χ2v) is 6.41. The minimum absolute atomic E-state index is 0.0607. The molecule has 0 spiro atoms. The molecule has 4 rings (SSSR count). The molecule has 1 atom stereocenters. The number of amides is 1. The number of carbonyl (C=O) groups is 1. The number of hydrogen-bond acceptors (Lipinski definition) is 4. The smallest absolute Gasteiger partial charge is 0.276 e. The molecule has 3 aromatic rings. The van der Waals surface area contributed by atoms with Crippen LogP contribution in [0.25, 0.3) is 11.3 Å². The number of nitrogens with zero attached hydrogens (tertiary/aromatic N) is 3. The first-order valence-electron chi connectivity index (χ1n) is 8.50. The summed E-state index contributed by atoms with van der Waals surface area (Å²) in [6.07, 6.45) is 5.42. The van der Waals surface area contributed by atoms with Crippen LogP contribution in [0.1, 0.15) is 22.5 Å². The summed E-state index contributed by atoms with van der Waals surface area (Å²) >= 11 is 0. The molecule has 1 amide bonds. The van der Waals surface area contributed by atoms with Crippen molar-refractivity contribution in [3.63, 3.8) is 0 Å². The lowest BCUT2D eigenvalue weighted by Gasteiger charge is -2.14. The van der Waals surface area contributed by atoms with E-state index in [1.165, 1.54) is 5.56 Å². The molecule has 1 saturated heterocycles. The molecular formula is C20H19N3O2. The van der Waals surface area contributed by atoms with Gasteiger partial charge in [0.05, 0.1) is 0 Å². The Labute approximate surface area is 146 Å². The largest absolute Gasteiger partial charge is 0.355 e. The van der Waals surface area contributed by atoms with E-state index in [-0.39, 0.29) is 5.91 Å². The molecular weight excluding hydrogens is 314 g/mol. The van der Waals surface area contributed by atoms with Crippen LogP contribution >= 0.6 is 0 Å². The van der Waals surface area contributed by atoms with Crippen molar-refractivity contribution in [2.75, 3.05) is 13.1 Å². The lowest BCUT2D eigenvalue weighted by molar-refractivity contribution is 0.0777. The molecule has 0 bridgehead atoms. The summed E-state index contributed by atoms with van der Waals surface area (Å²) in [5, 5.41) is 3.95. The van der Waals surface area contributed by atoms with Crippen LogP contribution in [-0.2, 0) is 6.42 Å². The Hall–Kier alpha value is -2.95. The summed E-state index contributed by atoms with van der Waals surface area (Å²) in [6.45, 7) is 1.54. The highest BCUT2D eigenvalue weighted by atomic mass is 16.5. The monoisotopic (exact) mass is 333 g/mol. The molecule has 1 aliphatic rings. The van der Waals surface area contributed by atoms with Gasteiger partial charge < -0.3 is 9.42 Å². The van der Waals surface area contributed by atoms with Crippen LogP contribution in [0.4, 0.5) is 0 Å². The van der Waals surface area contributed by atoms with Crippen molar-refractivity contribution < 1.29 is 9.32 Å². The maximum absolute atomic E-state index is 12.7. The Morgan fingerprint density at radius 2 is 2.08 bits per heavy atom. The van der Waals surface area contributed by atoms with Gasteiger partial charge in [0, 0.05) is 37.1 Å². The minimum Gasteiger partial charge on any atom is -0.355 e. The van der Waals surface area contributed by atoms with E-state index in [2.05, 4.69) is 34.4 Å². The summed E-state index contributed by atoms with van der Waals surface area (Å²) < 4.78 is 5.32. The van der Waals surface area contributed by atoms with E-state index in [0.717, 1.165) is 31.5 Å². The number of aromatic nitrogens is 2. The summed E-state index contributed by atoms with van der Waals surface area (Å²) in [5.41, 5.74) is 2.50. The lowest BCUT2D eigenvalue weighted by atomic mass is 9.99. The molecule has 5 heteroatoms. The van der Waals surface area contributed by atoms with Crippen molar-refractivity contribution in [3.8, 4) is 11.3 Å². The van der Waals surface area contributed by atoms with E-state index in [0.29, 0.717) is 17.4 Å². The highest BCUT2D eigenvalue weighted by molar-refractivity contribution is 5.93. The van der Waals surface area contributed by atoms with Gasteiger partial charge in [0.1, 0.15) is 0 Å². The second kappa shape index (κ2) is 6.89. The van der Waals surface area contributed by atoms with Gasteiger partial charge in [0.25, 0.3) is 5.91 Å². The van der Waals surface area contributed by atoms with Gasteiger partial charge in [-0.2, -0.15) is 0 Å². The van der Waals surface area contributed by atoms with Crippen LogP contribution in [0.5, 0.6) is 0 Å². The third-order valence-corrected chi connectivity index (χ3v) is 4.62. The average molecular weight is 333 g/mol. The van der Waals surface area contributed by atoms with Crippen LogP contribution in [0.3, 0.4) is 0 Å². The first kappa shape index (κ1) is 15.6. The van der Waals surface area contributed by atoms with Gasteiger partial charge in [-0.05, 0) is 36.5 Å². The van der Waals surface area contributed by atoms with E-state index in [4.69, 9.17) is 4.52 Å². The van der Waals surface area contributed by atoms with E-state index in [9.17, 15) is 4.79 Å². The SMILES string of the molecule is O=C(c1cc(-c2cccnc2)on1)N1CCC(Cc2ccccc2)C1. The number of benzene rings is 1. The van der Waals surface area contributed by atoms with Crippen molar-refractivity contribution in [2.24, 2.45) is 5.92 Å². The molecule has 1 aromatic carbocycles. The van der Waals surface area contributed by atoms with Gasteiger partial charge in [-0.25, -0.2) is 0 Å². The van der Waals surface area contributed by atoms with Gasteiger partial charge in [-0.15, -0.1) is 0 Å². The van der Waals surface area contributed by atoms with Crippen LogP contribution < -0.4 is 0 Å². The second-order valence-electron chi connectivity index (χ2n) is 6.41. The molecule has 25 heavy (non-hydrogen) atoms. The fourth-order valence-corrected chi connectivity index (χ4v) is 3.31. The maximum Gasteiger partial charge on any atom is 0.276 e. The van der Waals surface area contributed by atoms with E-state index < -0.39 is 0 Å². The van der Waals surface area contributed by atoms with Gasteiger partial charge in [0.2, 0.25) is 0 Å². The highest BCUT2D eigenvalue weighted by Gasteiger charge is 2.28. The molecule has 3 heterocycles. The van der Waals surface area contributed by atoms with Crippen molar-refractivity contribution in [2.45, 2.75) is 12.8 Å². The first-order chi connectivity index (χ1) is 12.3. The third-order valence-electron chi connectivity index (χ3n) is 4.62. The quantitative estimate of drug-likeness (QED) is 0.734. The minimum atomic E-state index is -0.0607. The van der Waals surface area contributed by atoms with E-state index in [1.54, 1.807) is 18.5 Å². The fraction of sp³-hybridized carbons (Fsp3) is 0.250.